The van der Waals surface area contributed by atoms with E-state index in [1.54, 1.807) is 21.3 Å². The summed E-state index contributed by atoms with van der Waals surface area (Å²) < 4.78 is 16.5. The van der Waals surface area contributed by atoms with Gasteiger partial charge in [0.25, 0.3) is 0 Å². The quantitative estimate of drug-likeness (QED) is 0.777. The van der Waals surface area contributed by atoms with E-state index in [4.69, 9.17) is 14.2 Å². The summed E-state index contributed by atoms with van der Waals surface area (Å²) in [5, 5.41) is 20.6. The van der Waals surface area contributed by atoms with Gasteiger partial charge in [-0.25, -0.2) is 0 Å². The Balaban J connectivity index is 2.08. The summed E-state index contributed by atoms with van der Waals surface area (Å²) >= 11 is 0. The number of ether oxygens (including phenoxy) is 3. The van der Waals surface area contributed by atoms with Crippen molar-refractivity contribution >= 4 is 0 Å². The molecule has 1 saturated carbocycles. The third-order valence-corrected chi connectivity index (χ3v) is 6.14. The molecule has 6 nitrogen and oxygen atoms in total. The van der Waals surface area contributed by atoms with Gasteiger partial charge in [0.05, 0.1) is 33.5 Å². The highest BCUT2D eigenvalue weighted by Crippen LogP contribution is 2.47. The molecular weight excluding hydrogens is 332 g/mol. The van der Waals surface area contributed by atoms with Crippen LogP contribution in [0.3, 0.4) is 0 Å². The first-order valence-electron chi connectivity index (χ1n) is 9.31. The summed E-state index contributed by atoms with van der Waals surface area (Å²) in [6.07, 6.45) is 4.77. The second-order valence-electron chi connectivity index (χ2n) is 7.39. The first-order chi connectivity index (χ1) is 12.6. The van der Waals surface area contributed by atoms with Gasteiger partial charge in [0.1, 0.15) is 12.1 Å². The van der Waals surface area contributed by atoms with E-state index in [-0.39, 0.29) is 12.0 Å². The molecule has 1 aliphatic heterocycles. The van der Waals surface area contributed by atoms with Crippen LogP contribution >= 0.6 is 0 Å². The SMILES string of the molecule is COc1cc([C@H]2[C@H]3CCCC[C@@]3(O)CC[NH+]2CC#N)cc(OC)c1OC. The van der Waals surface area contributed by atoms with Crippen LogP contribution < -0.4 is 19.1 Å². The number of quaternary nitrogens is 1. The van der Waals surface area contributed by atoms with Gasteiger partial charge in [0.2, 0.25) is 5.75 Å². The zero-order valence-corrected chi connectivity index (χ0v) is 15.9. The van der Waals surface area contributed by atoms with Crippen LogP contribution in [0.4, 0.5) is 0 Å². The molecule has 26 heavy (non-hydrogen) atoms. The smallest absolute Gasteiger partial charge is 0.203 e. The number of nitriles is 1. The van der Waals surface area contributed by atoms with Crippen molar-refractivity contribution in [2.45, 2.75) is 43.7 Å². The topological polar surface area (TPSA) is 76.2 Å². The Hall–Kier alpha value is -1.97. The van der Waals surface area contributed by atoms with Crippen molar-refractivity contribution in [1.29, 1.82) is 5.26 Å². The molecule has 1 aliphatic carbocycles. The largest absolute Gasteiger partial charge is 0.493 e. The van der Waals surface area contributed by atoms with E-state index in [9.17, 15) is 10.4 Å². The summed E-state index contributed by atoms with van der Waals surface area (Å²) in [5.41, 5.74) is 0.400. The fourth-order valence-electron chi connectivity index (χ4n) is 4.90. The molecule has 1 heterocycles. The molecule has 142 valence electrons. The first-order valence-corrected chi connectivity index (χ1v) is 9.31. The van der Waals surface area contributed by atoms with E-state index >= 15 is 0 Å². The molecule has 0 bridgehead atoms. The van der Waals surface area contributed by atoms with E-state index in [2.05, 4.69) is 6.07 Å². The number of likely N-dealkylation sites (tertiary alicyclic amines) is 1. The second-order valence-corrected chi connectivity index (χ2v) is 7.39. The van der Waals surface area contributed by atoms with Gasteiger partial charge in [-0.15, -0.1) is 0 Å². The third kappa shape index (κ3) is 3.22. The van der Waals surface area contributed by atoms with Gasteiger partial charge >= 0.3 is 0 Å². The molecule has 2 fully saturated rings. The molecule has 2 N–H and O–H groups in total. The summed E-state index contributed by atoms with van der Waals surface area (Å²) in [7, 11) is 4.81. The number of fused-ring (bicyclic) bond motifs is 1. The lowest BCUT2D eigenvalue weighted by Gasteiger charge is -2.49. The highest BCUT2D eigenvalue weighted by atomic mass is 16.5. The lowest BCUT2D eigenvalue weighted by molar-refractivity contribution is -0.938. The first kappa shape index (κ1) is 18.8. The average molecular weight is 361 g/mol. The van der Waals surface area contributed by atoms with Crippen LogP contribution in [0.25, 0.3) is 0 Å². The molecule has 1 unspecified atom stereocenters. The lowest BCUT2D eigenvalue weighted by Crippen LogP contribution is -3.15. The maximum absolute atomic E-state index is 11.3. The van der Waals surface area contributed by atoms with Crippen LogP contribution in [-0.4, -0.2) is 45.1 Å². The molecule has 6 heteroatoms. The van der Waals surface area contributed by atoms with Crippen LogP contribution in [0.5, 0.6) is 17.2 Å². The van der Waals surface area contributed by atoms with Gasteiger partial charge < -0.3 is 24.2 Å². The van der Waals surface area contributed by atoms with Crippen molar-refractivity contribution in [2.24, 2.45) is 5.92 Å². The Morgan fingerprint density at radius 3 is 2.42 bits per heavy atom. The van der Waals surface area contributed by atoms with Gasteiger partial charge in [-0.3, -0.25) is 0 Å². The fraction of sp³-hybridized carbons (Fsp3) is 0.650. The molecule has 0 amide bonds. The minimum atomic E-state index is -0.637. The molecular formula is C20H29N2O4+. The molecule has 0 aromatic heterocycles. The number of methoxy groups -OCH3 is 3. The predicted molar refractivity (Wildman–Crippen MR) is 96.7 cm³/mol. The number of nitrogens with zero attached hydrogens (tertiary/aromatic N) is 1. The molecule has 1 aromatic carbocycles. The monoisotopic (exact) mass is 361 g/mol. The number of piperidine rings is 1. The number of rotatable bonds is 5. The summed E-state index contributed by atoms with van der Waals surface area (Å²) in [4.78, 5) is 1.21. The van der Waals surface area contributed by atoms with Crippen LogP contribution in [0.15, 0.2) is 12.1 Å². The van der Waals surface area contributed by atoms with E-state index in [0.29, 0.717) is 23.8 Å². The molecule has 0 radical (unpaired) electrons. The van der Waals surface area contributed by atoms with Crippen molar-refractivity contribution in [3.63, 3.8) is 0 Å². The second kappa shape index (κ2) is 7.73. The van der Waals surface area contributed by atoms with Crippen molar-refractivity contribution in [1.82, 2.24) is 0 Å². The number of aliphatic hydroxyl groups is 1. The fourth-order valence-corrected chi connectivity index (χ4v) is 4.90. The van der Waals surface area contributed by atoms with Gasteiger partial charge in [-0.05, 0) is 25.0 Å². The van der Waals surface area contributed by atoms with Gasteiger partial charge in [0, 0.05) is 17.9 Å². The zero-order chi connectivity index (χ0) is 18.7. The molecule has 1 saturated heterocycles. The molecule has 0 spiro atoms. The van der Waals surface area contributed by atoms with Gasteiger partial charge in [0.15, 0.2) is 18.0 Å². The molecule has 3 rings (SSSR count). The normalized spacial score (nSPS) is 30.8. The van der Waals surface area contributed by atoms with E-state index in [1.165, 1.54) is 4.90 Å². The summed E-state index contributed by atoms with van der Waals surface area (Å²) in [6, 6.07) is 6.31. The van der Waals surface area contributed by atoms with Crippen LogP contribution in [-0.2, 0) is 0 Å². The highest BCUT2D eigenvalue weighted by molar-refractivity contribution is 5.54. The third-order valence-electron chi connectivity index (χ3n) is 6.14. The van der Waals surface area contributed by atoms with E-state index in [1.807, 2.05) is 12.1 Å². The predicted octanol–water partition coefficient (Wildman–Crippen LogP) is 1.49. The maximum atomic E-state index is 11.3. The summed E-state index contributed by atoms with van der Waals surface area (Å²) in [6.45, 7) is 1.22. The lowest BCUT2D eigenvalue weighted by atomic mass is 9.66. The van der Waals surface area contributed by atoms with Crippen molar-refractivity contribution in [3.05, 3.63) is 17.7 Å². The summed E-state index contributed by atoms with van der Waals surface area (Å²) in [5.74, 6) is 1.93. The number of nitrogens with one attached hydrogen (secondary N) is 1. The Bertz CT molecular complexity index is 662. The number of hydrogen-bond acceptors (Lipinski definition) is 5. The highest BCUT2D eigenvalue weighted by Gasteiger charge is 2.51. The number of benzene rings is 1. The van der Waals surface area contributed by atoms with Crippen LogP contribution in [0, 0.1) is 17.2 Å². The Morgan fingerprint density at radius 1 is 1.15 bits per heavy atom. The maximum Gasteiger partial charge on any atom is 0.203 e. The molecule has 2 aliphatic rings. The van der Waals surface area contributed by atoms with E-state index in [0.717, 1.165) is 44.2 Å². The Kier molecular flexibility index (Phi) is 5.59. The van der Waals surface area contributed by atoms with Crippen LogP contribution in [0.1, 0.15) is 43.7 Å². The van der Waals surface area contributed by atoms with E-state index < -0.39 is 5.60 Å². The molecule has 4 atom stereocenters. The van der Waals surface area contributed by atoms with Gasteiger partial charge in [-0.2, -0.15) is 5.26 Å². The zero-order valence-electron chi connectivity index (χ0n) is 15.9. The van der Waals surface area contributed by atoms with Crippen LogP contribution in [0.2, 0.25) is 0 Å². The van der Waals surface area contributed by atoms with Crippen molar-refractivity contribution < 1.29 is 24.2 Å². The Morgan fingerprint density at radius 2 is 1.85 bits per heavy atom. The molecule has 1 aromatic rings. The van der Waals surface area contributed by atoms with Gasteiger partial charge in [-0.1, -0.05) is 12.8 Å². The van der Waals surface area contributed by atoms with Crippen molar-refractivity contribution in [3.8, 4) is 23.3 Å². The number of hydrogen-bond donors (Lipinski definition) is 2. The van der Waals surface area contributed by atoms with Crippen molar-refractivity contribution in [2.75, 3.05) is 34.4 Å². The standard InChI is InChI=1S/C20H28N2O4/c1-24-16-12-14(13-17(25-2)19(16)26-3)18-15-6-4-5-7-20(15,23)8-10-22(18)11-9-21/h12-13,15,18,23H,4-8,10-11H2,1-3H3/p+1/t15-,18+,20-/m1/s1. The minimum Gasteiger partial charge on any atom is -0.493 e. The Labute approximate surface area is 155 Å². The average Bonchev–Trinajstić information content (AvgIpc) is 2.66. The minimum absolute atomic E-state index is 0.0439.